The van der Waals surface area contributed by atoms with E-state index in [2.05, 4.69) is 18.6 Å². The Labute approximate surface area is 137 Å². The van der Waals surface area contributed by atoms with Crippen LogP contribution in [0.1, 0.15) is 29.2 Å². The number of amides is 1. The first kappa shape index (κ1) is 16.2. The van der Waals surface area contributed by atoms with Crippen LogP contribution in [0.5, 0.6) is 0 Å². The van der Waals surface area contributed by atoms with Crippen molar-refractivity contribution in [1.29, 1.82) is 0 Å². The maximum atomic E-state index is 11.6. The van der Waals surface area contributed by atoms with Crippen molar-refractivity contribution in [1.82, 2.24) is 14.5 Å². The Balaban J connectivity index is 1.79. The predicted molar refractivity (Wildman–Crippen MR) is 90.9 cm³/mol. The fourth-order valence-corrected chi connectivity index (χ4v) is 3.20. The minimum atomic E-state index is -0.407. The minimum absolute atomic E-state index is 0.271. The molecule has 1 saturated heterocycles. The molecule has 0 aliphatic carbocycles. The zero-order valence-electron chi connectivity index (χ0n) is 12.3. The summed E-state index contributed by atoms with van der Waals surface area (Å²) in [5.74, 6) is -0.407. The maximum Gasteiger partial charge on any atom is 0.411 e. The SMILES string of the molecule is O=C(OP)c1ccc2c(c1)ncn2C1CCN(C(=O)OP)CC1. The normalized spacial score (nSPS) is 15.7. The molecule has 0 bridgehead atoms. The van der Waals surface area contributed by atoms with E-state index in [0.717, 1.165) is 23.9 Å². The topological polar surface area (TPSA) is 73.7 Å². The number of fused-ring (bicyclic) bond motifs is 1. The lowest BCUT2D eigenvalue weighted by Gasteiger charge is -2.31. The van der Waals surface area contributed by atoms with Crippen LogP contribution in [0.15, 0.2) is 24.5 Å². The first-order valence-corrected chi connectivity index (χ1v) is 8.11. The van der Waals surface area contributed by atoms with Crippen LogP contribution >= 0.6 is 18.9 Å². The second kappa shape index (κ2) is 6.81. The lowest BCUT2D eigenvalue weighted by Crippen LogP contribution is -2.38. The van der Waals surface area contributed by atoms with Gasteiger partial charge >= 0.3 is 12.1 Å². The first-order valence-electron chi connectivity index (χ1n) is 7.17. The van der Waals surface area contributed by atoms with Crippen LogP contribution in [-0.2, 0) is 9.05 Å². The van der Waals surface area contributed by atoms with Crippen molar-refractivity contribution in [3.05, 3.63) is 30.1 Å². The molecule has 2 unspecified atom stereocenters. The molecule has 9 heteroatoms. The van der Waals surface area contributed by atoms with Gasteiger partial charge in [-0.05, 0) is 31.0 Å². The Hall–Kier alpha value is -1.71. The van der Waals surface area contributed by atoms with Gasteiger partial charge in [0.15, 0.2) is 0 Å². The van der Waals surface area contributed by atoms with Crippen LogP contribution in [0.25, 0.3) is 11.0 Å². The molecule has 2 atom stereocenters. The molecule has 1 aromatic carbocycles. The molecule has 7 nitrogen and oxygen atoms in total. The Morgan fingerprint density at radius 2 is 1.91 bits per heavy atom. The summed E-state index contributed by atoms with van der Waals surface area (Å²) in [6.07, 6.45) is 3.14. The number of aromatic nitrogens is 2. The molecule has 1 aliphatic heterocycles. The zero-order valence-corrected chi connectivity index (χ0v) is 14.7. The highest BCUT2D eigenvalue weighted by Crippen LogP contribution is 2.27. The number of hydrogen-bond acceptors (Lipinski definition) is 5. The Bertz CT molecular complexity index is 741. The van der Waals surface area contributed by atoms with E-state index in [1.54, 1.807) is 23.4 Å². The summed E-state index contributed by atoms with van der Waals surface area (Å²) >= 11 is 0. The average Bonchev–Trinajstić information content (AvgIpc) is 3.03. The third-order valence-electron chi connectivity index (χ3n) is 4.13. The molecule has 0 saturated carbocycles. The van der Waals surface area contributed by atoms with E-state index in [9.17, 15) is 9.59 Å². The van der Waals surface area contributed by atoms with Gasteiger partial charge in [0.25, 0.3) is 0 Å². The van der Waals surface area contributed by atoms with Gasteiger partial charge in [-0.3, -0.25) is 0 Å². The van der Waals surface area contributed by atoms with Crippen molar-refractivity contribution in [3.63, 3.8) is 0 Å². The molecule has 1 amide bonds. The monoisotopic (exact) mass is 353 g/mol. The van der Waals surface area contributed by atoms with Crippen molar-refractivity contribution in [2.24, 2.45) is 0 Å². The van der Waals surface area contributed by atoms with Crippen molar-refractivity contribution >= 4 is 42.0 Å². The number of carbonyl (C=O) groups is 2. The number of benzene rings is 1. The highest BCUT2D eigenvalue weighted by atomic mass is 31.0. The molecule has 1 fully saturated rings. The molecule has 1 aliphatic rings. The number of carbonyl (C=O) groups excluding carboxylic acids is 2. The van der Waals surface area contributed by atoms with Gasteiger partial charge in [-0.2, -0.15) is 0 Å². The summed E-state index contributed by atoms with van der Waals surface area (Å²) in [7, 11) is 3.93. The average molecular weight is 353 g/mol. The lowest BCUT2D eigenvalue weighted by molar-refractivity contribution is 0.0765. The maximum absolute atomic E-state index is 11.6. The highest BCUT2D eigenvalue weighted by molar-refractivity contribution is 7.11. The minimum Gasteiger partial charge on any atom is -0.448 e. The van der Waals surface area contributed by atoms with Gasteiger partial charge in [-0.25, -0.2) is 14.6 Å². The van der Waals surface area contributed by atoms with Crippen LogP contribution in [0.2, 0.25) is 0 Å². The molecule has 122 valence electrons. The summed E-state index contributed by atoms with van der Waals surface area (Å²) in [5, 5.41) is 0. The molecule has 1 aromatic heterocycles. The van der Waals surface area contributed by atoms with Gasteiger partial charge in [-0.1, -0.05) is 0 Å². The molecular formula is C14H17N3O4P2. The molecule has 0 N–H and O–H groups in total. The number of nitrogens with zero attached hydrogens (tertiary/aromatic N) is 3. The van der Waals surface area contributed by atoms with E-state index in [1.165, 1.54) is 0 Å². The summed E-state index contributed by atoms with van der Waals surface area (Å²) in [6, 6.07) is 5.60. The molecular weight excluding hydrogens is 336 g/mol. The molecule has 3 rings (SSSR count). The number of rotatable bonds is 2. The van der Waals surface area contributed by atoms with Crippen molar-refractivity contribution in [3.8, 4) is 0 Å². The van der Waals surface area contributed by atoms with Crippen molar-refractivity contribution < 1.29 is 18.6 Å². The summed E-state index contributed by atoms with van der Waals surface area (Å²) < 4.78 is 11.4. The molecule has 2 heterocycles. The van der Waals surface area contributed by atoms with Gasteiger partial charge in [0.1, 0.15) is 0 Å². The molecule has 23 heavy (non-hydrogen) atoms. The van der Waals surface area contributed by atoms with Crippen molar-refractivity contribution in [2.75, 3.05) is 13.1 Å². The van der Waals surface area contributed by atoms with Crippen LogP contribution in [0.4, 0.5) is 4.79 Å². The van der Waals surface area contributed by atoms with E-state index >= 15 is 0 Å². The van der Waals surface area contributed by atoms with E-state index < -0.39 is 5.97 Å². The number of likely N-dealkylation sites (tertiary alicyclic amines) is 1. The van der Waals surface area contributed by atoms with E-state index in [0.29, 0.717) is 18.7 Å². The second-order valence-corrected chi connectivity index (χ2v) is 5.83. The van der Waals surface area contributed by atoms with Crippen LogP contribution in [0, 0.1) is 0 Å². The lowest BCUT2D eigenvalue weighted by atomic mass is 10.0. The molecule has 0 radical (unpaired) electrons. The molecule has 0 spiro atoms. The van der Waals surface area contributed by atoms with Gasteiger partial charge in [-0.15, -0.1) is 0 Å². The zero-order chi connectivity index (χ0) is 16.4. The third-order valence-corrected chi connectivity index (χ3v) is 4.55. The van der Waals surface area contributed by atoms with Gasteiger partial charge in [0, 0.05) is 19.1 Å². The standard InChI is InChI=1S/C14H17N3O4P2/c18-13(20-22)9-1-2-12-11(7-9)15-8-17(12)10-3-5-16(6-4-10)14(19)21-23/h1-2,7-8,10H,3-6,22-23H2. The number of hydrogen-bond donors (Lipinski definition) is 0. The van der Waals surface area contributed by atoms with Gasteiger partial charge in [0.2, 0.25) is 0 Å². The third kappa shape index (κ3) is 3.17. The van der Waals surface area contributed by atoms with E-state index in [-0.39, 0.29) is 12.1 Å². The smallest absolute Gasteiger partial charge is 0.411 e. The fourth-order valence-electron chi connectivity index (χ4n) is 2.92. The molecule has 2 aromatic rings. The van der Waals surface area contributed by atoms with Crippen LogP contribution in [0.3, 0.4) is 0 Å². The Morgan fingerprint density at radius 1 is 1.17 bits per heavy atom. The van der Waals surface area contributed by atoms with Crippen molar-refractivity contribution in [2.45, 2.75) is 18.9 Å². The second-order valence-electron chi connectivity index (χ2n) is 5.36. The Morgan fingerprint density at radius 3 is 2.57 bits per heavy atom. The first-order chi connectivity index (χ1) is 11.1. The number of imidazole rings is 1. The summed E-state index contributed by atoms with van der Waals surface area (Å²) in [4.78, 5) is 29.2. The van der Waals surface area contributed by atoms with Crippen LogP contribution in [-0.4, -0.2) is 39.6 Å². The predicted octanol–water partition coefficient (Wildman–Crippen LogP) is 2.55. The fraction of sp³-hybridized carbons (Fsp3) is 0.357. The summed E-state index contributed by atoms with van der Waals surface area (Å²) in [6.45, 7) is 1.30. The van der Waals surface area contributed by atoms with E-state index in [1.807, 2.05) is 25.0 Å². The summed E-state index contributed by atoms with van der Waals surface area (Å²) in [5.41, 5.74) is 2.19. The quantitative estimate of drug-likeness (QED) is 0.776. The number of piperidine rings is 1. The largest absolute Gasteiger partial charge is 0.448 e. The van der Waals surface area contributed by atoms with Gasteiger partial charge in [0.05, 0.1) is 41.9 Å². The Kier molecular flexibility index (Phi) is 4.79. The highest BCUT2D eigenvalue weighted by Gasteiger charge is 2.25. The van der Waals surface area contributed by atoms with Crippen LogP contribution < -0.4 is 0 Å². The van der Waals surface area contributed by atoms with E-state index in [4.69, 9.17) is 0 Å². The van der Waals surface area contributed by atoms with Gasteiger partial charge < -0.3 is 18.5 Å².